The van der Waals surface area contributed by atoms with Crippen molar-refractivity contribution in [3.05, 3.63) is 111 Å². The Hall–Kier alpha value is -6.47. The molecule has 2 heterocycles. The number of hydrogen-bond donors (Lipinski definition) is 6. The summed E-state index contributed by atoms with van der Waals surface area (Å²) in [6.45, 7) is 2.98. The molecule has 2 fully saturated rings. The monoisotopic (exact) mass is 952 g/mol. The van der Waals surface area contributed by atoms with Crippen LogP contribution < -0.4 is 32.0 Å². The van der Waals surface area contributed by atoms with E-state index in [-0.39, 0.29) is 46.5 Å². The number of nitrogens with two attached hydrogens (primary N) is 1. The number of ether oxygens (including phenoxy) is 1. The van der Waals surface area contributed by atoms with E-state index in [1.54, 1.807) is 11.5 Å². The summed E-state index contributed by atoms with van der Waals surface area (Å²) in [5.74, 6) is -5.79. The molecule has 5 atom stereocenters. The Bertz CT molecular complexity index is 2630. The highest BCUT2D eigenvalue weighted by Gasteiger charge is 2.42. The van der Waals surface area contributed by atoms with Gasteiger partial charge in [-0.1, -0.05) is 72.3 Å². The number of aromatic nitrogens is 1. The van der Waals surface area contributed by atoms with Crippen LogP contribution in [-0.4, -0.2) is 95.2 Å². The number of unbranched alkanes of at least 4 members (excludes halogenated alkanes) is 1. The van der Waals surface area contributed by atoms with Gasteiger partial charge >= 0.3 is 24.2 Å². The lowest BCUT2D eigenvalue weighted by Gasteiger charge is -2.30. The minimum absolute atomic E-state index is 0.0322. The summed E-state index contributed by atoms with van der Waals surface area (Å²) in [5.41, 5.74) is 10.0. The van der Waals surface area contributed by atoms with Crippen molar-refractivity contribution in [3.63, 3.8) is 0 Å². The number of nitrogens with one attached hydrogen (secondary N) is 3. The summed E-state index contributed by atoms with van der Waals surface area (Å²) >= 11 is 6.91. The van der Waals surface area contributed by atoms with Crippen LogP contribution in [0.5, 0.6) is 0 Å². The van der Waals surface area contributed by atoms with Crippen LogP contribution in [0.15, 0.2) is 77.7 Å². The summed E-state index contributed by atoms with van der Waals surface area (Å²) < 4.78 is 54.9. The molecule has 0 radical (unpaired) electrons. The number of amides is 3. The smallest absolute Gasteiger partial charge is 0.477 e. The average Bonchev–Trinajstić information content (AvgIpc) is 3.96. The van der Waals surface area contributed by atoms with Gasteiger partial charge in [0.25, 0.3) is 0 Å². The Morgan fingerprint density at radius 2 is 1.61 bits per heavy atom. The molecule has 3 amide bonds. The van der Waals surface area contributed by atoms with E-state index in [0.29, 0.717) is 50.8 Å². The molecule has 1 saturated heterocycles. The van der Waals surface area contributed by atoms with Gasteiger partial charge in [-0.15, -0.1) is 0 Å². The van der Waals surface area contributed by atoms with Crippen LogP contribution in [0, 0.1) is 17.7 Å². The molecule has 3 unspecified atom stereocenters. The summed E-state index contributed by atoms with van der Waals surface area (Å²) in [6.07, 6.45) is 3.38. The Morgan fingerprint density at radius 3 is 2.22 bits per heavy atom. The van der Waals surface area contributed by atoms with Crippen molar-refractivity contribution in [2.45, 2.75) is 81.7 Å². The van der Waals surface area contributed by atoms with Gasteiger partial charge in [-0.2, -0.15) is 13.2 Å². The van der Waals surface area contributed by atoms with E-state index < -0.39 is 71.0 Å². The maximum atomic E-state index is 15.9. The number of rotatable bonds is 14. The summed E-state index contributed by atoms with van der Waals surface area (Å²) in [6, 6.07) is 15.2. The maximum absolute atomic E-state index is 15.9. The van der Waals surface area contributed by atoms with Crippen molar-refractivity contribution < 1.29 is 56.5 Å². The van der Waals surface area contributed by atoms with Crippen LogP contribution in [0.2, 0.25) is 5.02 Å². The number of pyridine rings is 1. The zero-order valence-electron chi connectivity index (χ0n) is 36.2. The van der Waals surface area contributed by atoms with Crippen molar-refractivity contribution in [2.24, 2.45) is 17.6 Å². The molecule has 1 saturated carbocycles. The quantitative estimate of drug-likeness (QED) is 0.0455. The molecule has 4 aliphatic rings. The lowest BCUT2D eigenvalue weighted by molar-refractivity contribution is -0.192. The number of benzene rings is 3. The highest BCUT2D eigenvalue weighted by Crippen LogP contribution is 2.46. The first-order valence-electron chi connectivity index (χ1n) is 21.8. The number of alkyl halides is 3. The molecule has 20 heteroatoms. The van der Waals surface area contributed by atoms with Gasteiger partial charge in [-0.05, 0) is 79.7 Å². The van der Waals surface area contributed by atoms with Gasteiger partial charge in [0.15, 0.2) is 0 Å². The number of carboxylic acids is 2. The highest BCUT2D eigenvalue weighted by molar-refractivity contribution is 6.38. The molecule has 0 bridgehead atoms. The van der Waals surface area contributed by atoms with Gasteiger partial charge < -0.3 is 46.1 Å². The number of nitrogens with zero attached hydrogens (tertiary/aromatic N) is 2. The van der Waals surface area contributed by atoms with Crippen molar-refractivity contribution >= 4 is 58.0 Å². The first-order chi connectivity index (χ1) is 31.8. The second kappa shape index (κ2) is 20.2. The summed E-state index contributed by atoms with van der Waals surface area (Å²) in [5, 5.41) is 25.3. The lowest BCUT2D eigenvalue weighted by Crippen LogP contribution is -2.53. The standard InChI is InChI=1S/C45H48ClFN6O7.C2HF3O2/c1-24(50-43(56)36(48)14-6-7-18-49-45(59)60-23-34-29-12-4-2-10-27(29)28-11-3-5-13-30(28)34)42(55)51-37-15-8-9-25-20-52(21-32(25)37)40-35(47)19-31-39(38(40)46)53(26-16-17-26)22-33(41(31)54)44(57)58;3-2(4,5)1(6)7/h2-5,8,10-13,15,19,22,24-26,32,34,36-37H,6-7,9,14,16-18,20-21,23,48H2,1H3,(H,49,59)(H,50,56)(H,51,55)(H,57,58);(H,6,7)/t24-,25?,32?,36+,37?;/m1./s1. The van der Waals surface area contributed by atoms with Crippen LogP contribution in [0.1, 0.15) is 78.9 Å². The molecule has 4 aromatic rings. The van der Waals surface area contributed by atoms with Crippen LogP contribution in [0.25, 0.3) is 22.0 Å². The molecule has 8 rings (SSSR count). The summed E-state index contributed by atoms with van der Waals surface area (Å²) in [4.78, 5) is 74.5. The molecule has 1 aromatic heterocycles. The number of carbonyl (C=O) groups is 5. The lowest BCUT2D eigenvalue weighted by atomic mass is 9.82. The fraction of sp³-hybridized carbons (Fsp3) is 0.404. The number of alkyl carbamates (subject to hydrolysis) is 1. The van der Waals surface area contributed by atoms with Crippen molar-refractivity contribution in [2.75, 3.05) is 31.1 Å². The number of hydrogen-bond acceptors (Lipinski definition) is 9. The Morgan fingerprint density at radius 1 is 0.970 bits per heavy atom. The SMILES string of the molecule is C[C@@H](NC(=O)[C@@H](N)CCCCNC(=O)OCC1c2ccccc2-c2ccccc21)C(=O)NC1C=CCC2CN(c3c(F)cc4c(=O)c(C(=O)O)cn(C5CC5)c4c3Cl)CC21.O=C(O)C(F)(F)F. The second-order valence-corrected chi connectivity index (χ2v) is 17.5. The predicted molar refractivity (Wildman–Crippen MR) is 239 cm³/mol. The fourth-order valence-electron chi connectivity index (χ4n) is 9.08. The van der Waals surface area contributed by atoms with Crippen molar-refractivity contribution in [3.8, 4) is 11.1 Å². The largest absolute Gasteiger partial charge is 0.490 e. The van der Waals surface area contributed by atoms with E-state index in [0.717, 1.165) is 41.2 Å². The number of halogens is 5. The molecule has 1 aliphatic heterocycles. The van der Waals surface area contributed by atoms with Gasteiger partial charge in [-0.25, -0.2) is 18.8 Å². The predicted octanol–water partition coefficient (Wildman–Crippen LogP) is 6.50. The highest BCUT2D eigenvalue weighted by atomic mass is 35.5. The number of allylic oxidation sites excluding steroid dienone is 1. The minimum Gasteiger partial charge on any atom is -0.477 e. The summed E-state index contributed by atoms with van der Waals surface area (Å²) in [7, 11) is 0. The molecule has 3 aliphatic carbocycles. The third-order valence-electron chi connectivity index (χ3n) is 12.6. The first kappa shape index (κ1) is 48.5. The topological polar surface area (TPSA) is 222 Å². The molecule has 0 spiro atoms. The molecular formula is C47H49ClF4N6O9. The Kier molecular flexibility index (Phi) is 14.6. The van der Waals surface area contributed by atoms with E-state index in [2.05, 4.69) is 40.2 Å². The number of aromatic carboxylic acids is 1. The zero-order chi connectivity index (χ0) is 48.3. The van der Waals surface area contributed by atoms with Crippen LogP contribution in [0.4, 0.5) is 28.0 Å². The van der Waals surface area contributed by atoms with E-state index in [4.69, 9.17) is 32.0 Å². The maximum Gasteiger partial charge on any atom is 0.490 e. The van der Waals surface area contributed by atoms with Crippen molar-refractivity contribution in [1.29, 1.82) is 0 Å². The first-order valence-corrected chi connectivity index (χ1v) is 22.2. The Labute approximate surface area is 386 Å². The molecule has 356 valence electrons. The Balaban J connectivity index is 0.000000883. The second-order valence-electron chi connectivity index (χ2n) is 17.1. The van der Waals surface area contributed by atoms with Gasteiger partial charge in [0, 0.05) is 43.7 Å². The third-order valence-corrected chi connectivity index (χ3v) is 13.0. The normalized spacial score (nSPS) is 19.3. The number of carboxylic acid groups (broad SMARTS) is 2. The van der Waals surface area contributed by atoms with Crippen LogP contribution in [0.3, 0.4) is 0 Å². The molecule has 15 nitrogen and oxygen atoms in total. The van der Waals surface area contributed by atoms with Gasteiger partial charge in [-0.3, -0.25) is 14.4 Å². The zero-order valence-corrected chi connectivity index (χ0v) is 36.9. The van der Waals surface area contributed by atoms with Crippen molar-refractivity contribution in [1.82, 2.24) is 20.5 Å². The molecule has 3 aromatic carbocycles. The van der Waals surface area contributed by atoms with Crippen LogP contribution in [-0.2, 0) is 19.1 Å². The van der Waals surface area contributed by atoms with Gasteiger partial charge in [0.2, 0.25) is 17.2 Å². The number of anilines is 1. The van der Waals surface area contributed by atoms with Crippen LogP contribution >= 0.6 is 11.6 Å². The van der Waals surface area contributed by atoms with Gasteiger partial charge in [0.1, 0.15) is 24.0 Å². The fourth-order valence-corrected chi connectivity index (χ4v) is 9.49. The molecule has 67 heavy (non-hydrogen) atoms. The number of aliphatic carboxylic acids is 1. The average molecular weight is 953 g/mol. The minimum atomic E-state index is -5.08. The number of carbonyl (C=O) groups excluding carboxylic acids is 3. The van der Waals surface area contributed by atoms with E-state index in [1.807, 2.05) is 41.3 Å². The molecule has 7 N–H and O–H groups in total. The third kappa shape index (κ3) is 10.7. The van der Waals surface area contributed by atoms with Gasteiger partial charge in [0.05, 0.1) is 33.7 Å². The van der Waals surface area contributed by atoms with E-state index in [1.165, 1.54) is 6.20 Å². The number of fused-ring (bicyclic) bond motifs is 5. The van der Waals surface area contributed by atoms with E-state index >= 15 is 4.39 Å². The molecular weight excluding hydrogens is 904 g/mol. The van der Waals surface area contributed by atoms with E-state index in [9.17, 15) is 42.3 Å².